The van der Waals surface area contributed by atoms with Gasteiger partial charge in [0.15, 0.2) is 6.61 Å². The van der Waals surface area contributed by atoms with Crippen LogP contribution < -0.4 is 5.32 Å². The highest BCUT2D eigenvalue weighted by atomic mass is 35.5. The summed E-state index contributed by atoms with van der Waals surface area (Å²) in [6, 6.07) is 6.67. The van der Waals surface area contributed by atoms with E-state index in [-0.39, 0.29) is 29.6 Å². The van der Waals surface area contributed by atoms with Crippen molar-refractivity contribution in [1.82, 2.24) is 4.90 Å². The maximum Gasteiger partial charge on any atom is 0.311 e. The van der Waals surface area contributed by atoms with Crippen LogP contribution in [0.25, 0.3) is 0 Å². The second-order valence-electron chi connectivity index (χ2n) is 6.84. The molecule has 142 valence electrons. The quantitative estimate of drug-likeness (QED) is 0.780. The number of hydrogen-bond acceptors (Lipinski definition) is 5. The lowest BCUT2D eigenvalue weighted by Gasteiger charge is -2.23. The Labute approximate surface area is 162 Å². The Morgan fingerprint density at radius 3 is 2.78 bits per heavy atom. The molecule has 1 aromatic rings. The second kappa shape index (κ2) is 8.40. The van der Waals surface area contributed by atoms with Gasteiger partial charge < -0.3 is 15.0 Å². The molecule has 0 radical (unpaired) electrons. The summed E-state index contributed by atoms with van der Waals surface area (Å²) in [6.45, 7) is -0.124. The van der Waals surface area contributed by atoms with Gasteiger partial charge in [0.2, 0.25) is 5.91 Å². The number of likely N-dealkylation sites (tertiary alicyclic amines) is 1. The standard InChI is InChI=1S/C19H20ClN3O4/c20-14-6-5-12(9-21)16(8-14)22-17(24)11-27-19(26)13-7-18(25)23(10-13)15-3-1-2-4-15/h5-6,8,13,15H,1-4,7,10-11H2,(H,22,24)/t13-/m0/s1. The maximum absolute atomic E-state index is 12.2. The Morgan fingerprint density at radius 1 is 1.33 bits per heavy atom. The molecule has 2 fully saturated rings. The second-order valence-corrected chi connectivity index (χ2v) is 7.28. The topological polar surface area (TPSA) is 99.5 Å². The molecule has 1 aliphatic carbocycles. The van der Waals surface area contributed by atoms with Crippen molar-refractivity contribution >= 4 is 35.1 Å². The minimum absolute atomic E-state index is 0.0223. The molecule has 1 aromatic carbocycles. The number of rotatable bonds is 5. The summed E-state index contributed by atoms with van der Waals surface area (Å²) >= 11 is 5.87. The van der Waals surface area contributed by atoms with Crippen LogP contribution in [0.4, 0.5) is 5.69 Å². The van der Waals surface area contributed by atoms with Crippen molar-refractivity contribution in [1.29, 1.82) is 5.26 Å². The van der Waals surface area contributed by atoms with Crippen molar-refractivity contribution < 1.29 is 19.1 Å². The van der Waals surface area contributed by atoms with E-state index in [2.05, 4.69) is 5.32 Å². The number of ether oxygens (including phenoxy) is 1. The van der Waals surface area contributed by atoms with E-state index in [1.807, 2.05) is 6.07 Å². The molecule has 0 spiro atoms. The van der Waals surface area contributed by atoms with Gasteiger partial charge in [-0.3, -0.25) is 14.4 Å². The molecule has 3 rings (SSSR count). The Hall–Kier alpha value is -2.59. The van der Waals surface area contributed by atoms with E-state index < -0.39 is 24.4 Å². The third-order valence-corrected chi connectivity index (χ3v) is 5.21. The fraction of sp³-hybridized carbons (Fsp3) is 0.474. The average Bonchev–Trinajstić information content (AvgIpc) is 3.29. The number of esters is 1. The molecule has 8 heteroatoms. The van der Waals surface area contributed by atoms with Crippen LogP contribution in [-0.2, 0) is 19.1 Å². The lowest BCUT2D eigenvalue weighted by atomic mass is 10.1. The molecule has 2 aliphatic rings. The van der Waals surface area contributed by atoms with E-state index in [9.17, 15) is 14.4 Å². The van der Waals surface area contributed by atoms with Crippen LogP contribution >= 0.6 is 11.6 Å². The van der Waals surface area contributed by atoms with Crippen molar-refractivity contribution in [3.05, 3.63) is 28.8 Å². The molecule has 1 atom stereocenters. The van der Waals surface area contributed by atoms with E-state index in [1.165, 1.54) is 12.1 Å². The van der Waals surface area contributed by atoms with E-state index in [0.29, 0.717) is 11.6 Å². The minimum atomic E-state index is -0.570. The third kappa shape index (κ3) is 4.58. The van der Waals surface area contributed by atoms with E-state index in [4.69, 9.17) is 21.6 Å². The normalized spacial score (nSPS) is 19.8. The molecule has 0 bridgehead atoms. The summed E-state index contributed by atoms with van der Waals surface area (Å²) in [5.74, 6) is -1.68. The summed E-state index contributed by atoms with van der Waals surface area (Å²) in [4.78, 5) is 38.2. The van der Waals surface area contributed by atoms with Gasteiger partial charge in [0.25, 0.3) is 5.91 Å². The number of hydrogen-bond donors (Lipinski definition) is 1. The predicted molar refractivity (Wildman–Crippen MR) is 97.8 cm³/mol. The zero-order valence-electron chi connectivity index (χ0n) is 14.7. The molecule has 1 heterocycles. The van der Waals surface area contributed by atoms with Crippen molar-refractivity contribution in [3.8, 4) is 6.07 Å². The molecule has 1 N–H and O–H groups in total. The summed E-state index contributed by atoms with van der Waals surface area (Å²) < 4.78 is 5.08. The van der Waals surface area contributed by atoms with Crippen LogP contribution in [0.15, 0.2) is 18.2 Å². The number of carbonyl (C=O) groups is 3. The van der Waals surface area contributed by atoms with Crippen molar-refractivity contribution in [2.75, 3.05) is 18.5 Å². The smallest absolute Gasteiger partial charge is 0.311 e. The molecule has 27 heavy (non-hydrogen) atoms. The Morgan fingerprint density at radius 2 is 2.07 bits per heavy atom. The zero-order chi connectivity index (χ0) is 19.4. The zero-order valence-corrected chi connectivity index (χ0v) is 15.5. The number of nitriles is 1. The molecule has 1 aliphatic heterocycles. The first-order chi connectivity index (χ1) is 13.0. The molecular weight excluding hydrogens is 370 g/mol. The molecule has 7 nitrogen and oxygen atoms in total. The largest absolute Gasteiger partial charge is 0.455 e. The lowest BCUT2D eigenvalue weighted by Crippen LogP contribution is -2.35. The van der Waals surface area contributed by atoms with Crippen molar-refractivity contribution in [2.24, 2.45) is 5.92 Å². The van der Waals surface area contributed by atoms with Gasteiger partial charge in [-0.2, -0.15) is 5.26 Å². The summed E-state index contributed by atoms with van der Waals surface area (Å²) in [6.07, 6.45) is 4.31. The first-order valence-corrected chi connectivity index (χ1v) is 9.31. The number of amides is 2. The van der Waals surface area contributed by atoms with Crippen LogP contribution in [0.1, 0.15) is 37.7 Å². The van der Waals surface area contributed by atoms with Gasteiger partial charge in [0.1, 0.15) is 6.07 Å². The van der Waals surface area contributed by atoms with Gasteiger partial charge in [-0.1, -0.05) is 24.4 Å². The fourth-order valence-electron chi connectivity index (χ4n) is 3.62. The number of nitrogens with one attached hydrogen (secondary N) is 1. The van der Waals surface area contributed by atoms with Crippen LogP contribution in [0.2, 0.25) is 5.02 Å². The first-order valence-electron chi connectivity index (χ1n) is 8.93. The van der Waals surface area contributed by atoms with Gasteiger partial charge in [-0.05, 0) is 31.0 Å². The Bertz CT molecular complexity index is 799. The van der Waals surface area contributed by atoms with Crippen LogP contribution in [-0.4, -0.2) is 41.9 Å². The number of carbonyl (C=O) groups excluding carboxylic acids is 3. The van der Waals surface area contributed by atoms with Gasteiger partial charge in [0.05, 0.1) is 17.2 Å². The first kappa shape index (κ1) is 19.2. The summed E-state index contributed by atoms with van der Waals surface area (Å²) in [5, 5.41) is 11.9. The molecule has 2 amide bonds. The Balaban J connectivity index is 1.51. The average molecular weight is 390 g/mol. The molecule has 1 saturated carbocycles. The molecule has 0 aromatic heterocycles. The predicted octanol–water partition coefficient (Wildman–Crippen LogP) is 2.48. The number of halogens is 1. The number of anilines is 1. The van der Waals surface area contributed by atoms with Crippen molar-refractivity contribution in [3.63, 3.8) is 0 Å². The highest BCUT2D eigenvalue weighted by molar-refractivity contribution is 6.31. The molecule has 1 saturated heterocycles. The van der Waals surface area contributed by atoms with Gasteiger partial charge in [-0.25, -0.2) is 0 Å². The van der Waals surface area contributed by atoms with Crippen LogP contribution in [0.5, 0.6) is 0 Å². The minimum Gasteiger partial charge on any atom is -0.455 e. The number of nitrogens with zero attached hydrogens (tertiary/aromatic N) is 2. The third-order valence-electron chi connectivity index (χ3n) is 4.98. The van der Waals surface area contributed by atoms with Crippen LogP contribution in [0.3, 0.4) is 0 Å². The van der Waals surface area contributed by atoms with E-state index in [1.54, 1.807) is 11.0 Å². The Kier molecular flexibility index (Phi) is 5.97. The van der Waals surface area contributed by atoms with E-state index in [0.717, 1.165) is 25.7 Å². The monoisotopic (exact) mass is 389 g/mol. The highest BCUT2D eigenvalue weighted by Crippen LogP contribution is 2.30. The molecule has 0 unspecified atom stereocenters. The number of benzene rings is 1. The van der Waals surface area contributed by atoms with Crippen molar-refractivity contribution in [2.45, 2.75) is 38.1 Å². The van der Waals surface area contributed by atoms with Crippen LogP contribution in [0, 0.1) is 17.2 Å². The van der Waals surface area contributed by atoms with Gasteiger partial charge in [0, 0.05) is 24.0 Å². The summed E-state index contributed by atoms with van der Waals surface area (Å²) in [5.41, 5.74) is 0.516. The van der Waals surface area contributed by atoms with E-state index >= 15 is 0 Å². The molecular formula is C19H20ClN3O4. The van der Waals surface area contributed by atoms with Gasteiger partial charge in [-0.15, -0.1) is 0 Å². The summed E-state index contributed by atoms with van der Waals surface area (Å²) in [7, 11) is 0. The van der Waals surface area contributed by atoms with Gasteiger partial charge >= 0.3 is 5.97 Å². The SMILES string of the molecule is N#Cc1ccc(Cl)cc1NC(=O)COC(=O)[C@H]1CC(=O)N(C2CCCC2)C1. The highest BCUT2D eigenvalue weighted by Gasteiger charge is 2.39. The lowest BCUT2D eigenvalue weighted by molar-refractivity contribution is -0.151. The fourth-order valence-corrected chi connectivity index (χ4v) is 3.79. The maximum atomic E-state index is 12.2.